The number of fused-ring (bicyclic) bond motifs is 1. The van der Waals surface area contributed by atoms with Crippen LogP contribution in [0.2, 0.25) is 0 Å². The first kappa shape index (κ1) is 19.3. The van der Waals surface area contributed by atoms with E-state index in [0.29, 0.717) is 22.5 Å². The van der Waals surface area contributed by atoms with Gasteiger partial charge < -0.3 is 5.32 Å². The molecule has 3 heterocycles. The predicted octanol–water partition coefficient (Wildman–Crippen LogP) is 4.38. The van der Waals surface area contributed by atoms with Crippen LogP contribution < -0.4 is 5.32 Å². The molecule has 30 heavy (non-hydrogen) atoms. The summed E-state index contributed by atoms with van der Waals surface area (Å²) in [4.78, 5) is 21.4. The number of hydrogen-bond acceptors (Lipinski definition) is 5. The third kappa shape index (κ3) is 3.40. The molecule has 0 spiro atoms. The molecular weight excluding hydrogens is 376 g/mol. The molecule has 0 aliphatic carbocycles. The number of nitrogens with zero attached hydrogens (tertiary/aromatic N) is 4. The van der Waals surface area contributed by atoms with Crippen LogP contribution in [0.4, 0.5) is 5.69 Å². The van der Waals surface area contributed by atoms with Gasteiger partial charge >= 0.3 is 0 Å². The number of aromatic amines is 1. The summed E-state index contributed by atoms with van der Waals surface area (Å²) in [5, 5.41) is 20.5. The highest BCUT2D eigenvalue weighted by atomic mass is 16.1. The second kappa shape index (κ2) is 7.41. The smallest absolute Gasteiger partial charge is 0.274 e. The number of carbonyl (C=O) groups is 1. The van der Waals surface area contributed by atoms with Gasteiger partial charge in [0.05, 0.1) is 11.1 Å². The van der Waals surface area contributed by atoms with Gasteiger partial charge in [0.25, 0.3) is 5.91 Å². The number of aryl methyl sites for hydroxylation is 2. The number of rotatable bonds is 3. The highest BCUT2D eigenvalue weighted by Crippen LogP contribution is 2.29. The second-order valence-electron chi connectivity index (χ2n) is 7.31. The molecule has 4 rings (SSSR count). The Kier molecular flexibility index (Phi) is 4.76. The van der Waals surface area contributed by atoms with Gasteiger partial charge in [-0.2, -0.15) is 10.4 Å². The number of anilines is 1. The van der Waals surface area contributed by atoms with Crippen molar-refractivity contribution < 1.29 is 4.79 Å². The summed E-state index contributed by atoms with van der Waals surface area (Å²) in [6.07, 6.45) is 1.43. The standard InChI is InChI=1S/C23H20N6O/c1-12-7-16(8-13(2)26-12)22-19-9-18(5-6-20(19)28-29-22)27-23(30)21-15(4)14(3)17(10-24)11-25-21/h5-9,11H,1-4H3,(H,27,30)(H,28,29). The molecule has 0 aliphatic heterocycles. The number of nitrogens with one attached hydrogen (secondary N) is 2. The van der Waals surface area contributed by atoms with Crippen LogP contribution in [0.25, 0.3) is 22.2 Å². The maximum atomic E-state index is 12.8. The van der Waals surface area contributed by atoms with Crippen molar-refractivity contribution in [3.8, 4) is 17.3 Å². The van der Waals surface area contributed by atoms with Crippen LogP contribution in [-0.4, -0.2) is 26.1 Å². The van der Waals surface area contributed by atoms with Crippen molar-refractivity contribution in [2.24, 2.45) is 0 Å². The van der Waals surface area contributed by atoms with E-state index < -0.39 is 0 Å². The summed E-state index contributed by atoms with van der Waals surface area (Å²) in [6.45, 7) is 7.51. The third-order valence-electron chi connectivity index (χ3n) is 5.16. The molecule has 2 N–H and O–H groups in total. The Morgan fingerprint density at radius 3 is 2.50 bits per heavy atom. The molecule has 1 amide bonds. The van der Waals surface area contributed by atoms with Gasteiger partial charge in [-0.05, 0) is 69.2 Å². The molecule has 148 valence electrons. The number of nitriles is 1. The summed E-state index contributed by atoms with van der Waals surface area (Å²) in [5.41, 5.74) is 7.35. The molecule has 1 aromatic carbocycles. The normalized spacial score (nSPS) is 10.8. The third-order valence-corrected chi connectivity index (χ3v) is 5.16. The quantitative estimate of drug-likeness (QED) is 0.534. The van der Waals surface area contributed by atoms with Crippen molar-refractivity contribution in [3.05, 3.63) is 70.3 Å². The molecule has 0 saturated carbocycles. The number of pyridine rings is 2. The van der Waals surface area contributed by atoms with Gasteiger partial charge in [0.1, 0.15) is 17.5 Å². The number of carbonyl (C=O) groups excluding carboxylic acids is 1. The summed E-state index contributed by atoms with van der Waals surface area (Å²) in [5.74, 6) is -0.319. The Morgan fingerprint density at radius 1 is 1.07 bits per heavy atom. The zero-order valence-corrected chi connectivity index (χ0v) is 17.2. The average molecular weight is 396 g/mol. The molecule has 0 bridgehead atoms. The van der Waals surface area contributed by atoms with Crippen molar-refractivity contribution in [2.75, 3.05) is 5.32 Å². The number of hydrogen-bond donors (Lipinski definition) is 2. The number of benzene rings is 1. The van der Waals surface area contributed by atoms with Crippen LogP contribution in [0.15, 0.2) is 36.5 Å². The molecule has 7 nitrogen and oxygen atoms in total. The largest absolute Gasteiger partial charge is 0.321 e. The first-order valence-electron chi connectivity index (χ1n) is 9.49. The molecular formula is C23H20N6O. The number of aromatic nitrogens is 4. The second-order valence-corrected chi connectivity index (χ2v) is 7.31. The minimum absolute atomic E-state index is 0.305. The Balaban J connectivity index is 1.70. The van der Waals surface area contributed by atoms with E-state index in [1.807, 2.05) is 51.1 Å². The highest BCUT2D eigenvalue weighted by molar-refractivity contribution is 6.05. The van der Waals surface area contributed by atoms with Crippen LogP contribution in [0.1, 0.15) is 38.6 Å². The fourth-order valence-electron chi connectivity index (χ4n) is 3.52. The Labute approximate surface area is 173 Å². The zero-order valence-electron chi connectivity index (χ0n) is 17.2. The van der Waals surface area contributed by atoms with E-state index in [2.05, 4.69) is 31.6 Å². The average Bonchev–Trinajstić information content (AvgIpc) is 3.12. The topological polar surface area (TPSA) is 107 Å². The number of amides is 1. The Bertz CT molecular complexity index is 1330. The van der Waals surface area contributed by atoms with Gasteiger partial charge in [0.2, 0.25) is 0 Å². The minimum Gasteiger partial charge on any atom is -0.321 e. The van der Waals surface area contributed by atoms with Crippen molar-refractivity contribution >= 4 is 22.5 Å². The molecule has 0 aliphatic rings. The first-order valence-corrected chi connectivity index (χ1v) is 9.49. The van der Waals surface area contributed by atoms with Crippen molar-refractivity contribution in [1.29, 1.82) is 5.26 Å². The monoisotopic (exact) mass is 396 g/mol. The van der Waals surface area contributed by atoms with Crippen LogP contribution in [0, 0.1) is 39.0 Å². The summed E-state index contributed by atoms with van der Waals surface area (Å²) in [7, 11) is 0. The van der Waals surface area contributed by atoms with Gasteiger partial charge in [-0.15, -0.1) is 0 Å². The molecule has 0 saturated heterocycles. The fraction of sp³-hybridized carbons (Fsp3) is 0.174. The van der Waals surface area contributed by atoms with E-state index in [1.54, 1.807) is 6.92 Å². The lowest BCUT2D eigenvalue weighted by Gasteiger charge is -2.10. The SMILES string of the molecule is Cc1cc(-c2n[nH]c3ccc(NC(=O)c4ncc(C#N)c(C)c4C)cc23)cc(C)n1. The van der Waals surface area contributed by atoms with Gasteiger partial charge in [0.15, 0.2) is 0 Å². The maximum absolute atomic E-state index is 12.8. The van der Waals surface area contributed by atoms with Crippen molar-refractivity contribution in [1.82, 2.24) is 20.2 Å². The summed E-state index contributed by atoms with van der Waals surface area (Å²) >= 11 is 0. The van der Waals surface area contributed by atoms with E-state index >= 15 is 0 Å². The van der Waals surface area contributed by atoms with Gasteiger partial charge in [-0.25, -0.2) is 4.98 Å². The predicted molar refractivity (Wildman–Crippen MR) is 115 cm³/mol. The molecule has 7 heteroatoms. The Morgan fingerprint density at radius 2 is 1.80 bits per heavy atom. The zero-order chi connectivity index (χ0) is 21.4. The van der Waals surface area contributed by atoms with E-state index in [4.69, 9.17) is 5.26 Å². The molecule has 0 fully saturated rings. The molecule has 0 unspecified atom stereocenters. The van der Waals surface area contributed by atoms with Crippen LogP contribution in [-0.2, 0) is 0 Å². The molecule has 4 aromatic rings. The highest BCUT2D eigenvalue weighted by Gasteiger charge is 2.16. The van der Waals surface area contributed by atoms with Gasteiger partial charge in [-0.1, -0.05) is 0 Å². The van der Waals surface area contributed by atoms with Crippen LogP contribution in [0.5, 0.6) is 0 Å². The lowest BCUT2D eigenvalue weighted by molar-refractivity contribution is 0.102. The van der Waals surface area contributed by atoms with Gasteiger partial charge in [0, 0.05) is 34.2 Å². The molecule has 0 radical (unpaired) electrons. The lowest BCUT2D eigenvalue weighted by Crippen LogP contribution is -2.16. The van der Waals surface area contributed by atoms with Gasteiger partial charge in [-0.3, -0.25) is 14.9 Å². The maximum Gasteiger partial charge on any atom is 0.274 e. The summed E-state index contributed by atoms with van der Waals surface area (Å²) in [6, 6.07) is 11.7. The van der Waals surface area contributed by atoms with Crippen LogP contribution in [0.3, 0.4) is 0 Å². The van der Waals surface area contributed by atoms with Crippen LogP contribution >= 0.6 is 0 Å². The summed E-state index contributed by atoms with van der Waals surface area (Å²) < 4.78 is 0. The first-order chi connectivity index (χ1) is 14.4. The van der Waals surface area contributed by atoms with Crippen molar-refractivity contribution in [3.63, 3.8) is 0 Å². The number of H-pyrrole nitrogens is 1. The Hall–Kier alpha value is -4.05. The van der Waals surface area contributed by atoms with E-state index in [1.165, 1.54) is 6.20 Å². The van der Waals surface area contributed by atoms with E-state index in [0.717, 1.165) is 39.1 Å². The molecule has 3 aromatic heterocycles. The fourth-order valence-corrected chi connectivity index (χ4v) is 3.52. The lowest BCUT2D eigenvalue weighted by atomic mass is 10.0. The van der Waals surface area contributed by atoms with Crippen molar-refractivity contribution in [2.45, 2.75) is 27.7 Å². The van der Waals surface area contributed by atoms with E-state index in [9.17, 15) is 4.79 Å². The molecule has 0 atom stereocenters. The van der Waals surface area contributed by atoms with E-state index in [-0.39, 0.29) is 5.91 Å². The minimum atomic E-state index is -0.319.